The second-order valence-electron chi connectivity index (χ2n) is 6.45. The number of benzene rings is 1. The average Bonchev–Trinajstić information content (AvgIpc) is 2.76. The summed E-state index contributed by atoms with van der Waals surface area (Å²) < 4.78 is 11.1. The Kier molecular flexibility index (Phi) is 6.94. The molecule has 0 amide bonds. The van der Waals surface area contributed by atoms with Gasteiger partial charge in [0.05, 0.1) is 19.4 Å². The molecular formula is C21H29N5O2. The molecule has 0 unspecified atom stereocenters. The minimum Gasteiger partial charge on any atom is -0.495 e. The van der Waals surface area contributed by atoms with Crippen LogP contribution in [0.4, 0.5) is 5.69 Å². The SMILES string of the molecule is CCOc1ncccc1CNC(=NC)N1CCN(c2ccccc2OC)CC1. The Balaban J connectivity index is 1.58. The van der Waals surface area contributed by atoms with E-state index in [4.69, 9.17) is 9.47 Å². The molecule has 2 aromatic rings. The molecule has 0 aliphatic carbocycles. The Labute approximate surface area is 167 Å². The van der Waals surface area contributed by atoms with Crippen LogP contribution in [-0.2, 0) is 6.54 Å². The van der Waals surface area contributed by atoms with Crippen LogP contribution in [0.15, 0.2) is 47.6 Å². The van der Waals surface area contributed by atoms with Gasteiger partial charge in [0.15, 0.2) is 5.96 Å². The Morgan fingerprint density at radius 1 is 1.14 bits per heavy atom. The Hall–Kier alpha value is -2.96. The van der Waals surface area contributed by atoms with E-state index in [1.54, 1.807) is 13.3 Å². The van der Waals surface area contributed by atoms with Gasteiger partial charge in [0.2, 0.25) is 5.88 Å². The lowest BCUT2D eigenvalue weighted by atomic mass is 10.2. The highest BCUT2D eigenvalue weighted by Crippen LogP contribution is 2.28. The van der Waals surface area contributed by atoms with Gasteiger partial charge in [0.25, 0.3) is 0 Å². The summed E-state index contributed by atoms with van der Waals surface area (Å²) >= 11 is 0. The van der Waals surface area contributed by atoms with Crippen molar-refractivity contribution in [1.82, 2.24) is 15.2 Å². The topological polar surface area (TPSA) is 62.2 Å². The Bertz CT molecular complexity index is 788. The smallest absolute Gasteiger partial charge is 0.218 e. The molecule has 2 heterocycles. The number of methoxy groups -OCH3 is 1. The van der Waals surface area contributed by atoms with E-state index in [9.17, 15) is 0 Å². The zero-order valence-corrected chi connectivity index (χ0v) is 16.9. The maximum atomic E-state index is 5.61. The number of aliphatic imine (C=N–C) groups is 1. The number of rotatable bonds is 6. The number of nitrogens with one attached hydrogen (secondary N) is 1. The molecule has 1 aromatic heterocycles. The van der Waals surface area contributed by atoms with Crippen LogP contribution in [0.25, 0.3) is 0 Å². The van der Waals surface area contributed by atoms with Crippen molar-refractivity contribution in [2.75, 3.05) is 51.8 Å². The molecule has 1 aromatic carbocycles. The molecule has 1 aliphatic rings. The van der Waals surface area contributed by atoms with Crippen LogP contribution in [-0.4, -0.2) is 62.8 Å². The van der Waals surface area contributed by atoms with E-state index in [-0.39, 0.29) is 0 Å². The maximum absolute atomic E-state index is 5.61. The van der Waals surface area contributed by atoms with E-state index in [0.717, 1.165) is 49.1 Å². The lowest BCUT2D eigenvalue weighted by Gasteiger charge is -2.38. The summed E-state index contributed by atoms with van der Waals surface area (Å²) in [6.45, 7) is 6.81. The lowest BCUT2D eigenvalue weighted by molar-refractivity contribution is 0.322. The molecule has 28 heavy (non-hydrogen) atoms. The first-order valence-corrected chi connectivity index (χ1v) is 9.67. The third-order valence-electron chi connectivity index (χ3n) is 4.78. The van der Waals surface area contributed by atoms with Crippen LogP contribution in [0.5, 0.6) is 11.6 Å². The number of guanidine groups is 1. The van der Waals surface area contributed by atoms with Gasteiger partial charge in [0.1, 0.15) is 5.75 Å². The standard InChI is InChI=1S/C21H29N5O2/c1-4-28-20-17(8-7-11-23-20)16-24-21(22-2)26-14-12-25(13-15-26)18-9-5-6-10-19(18)27-3/h5-11H,4,12-16H2,1-3H3,(H,22,24). The number of nitrogens with zero attached hydrogens (tertiary/aromatic N) is 4. The molecule has 7 heteroatoms. The van der Waals surface area contributed by atoms with Crippen molar-refractivity contribution in [2.24, 2.45) is 4.99 Å². The van der Waals surface area contributed by atoms with Crippen molar-refractivity contribution in [2.45, 2.75) is 13.5 Å². The largest absolute Gasteiger partial charge is 0.495 e. The first-order valence-electron chi connectivity index (χ1n) is 9.67. The number of aromatic nitrogens is 1. The van der Waals surface area contributed by atoms with Crippen LogP contribution in [0, 0.1) is 0 Å². The molecule has 150 valence electrons. The zero-order chi connectivity index (χ0) is 19.8. The fourth-order valence-electron chi connectivity index (χ4n) is 3.38. The predicted molar refractivity (Wildman–Crippen MR) is 112 cm³/mol. The van der Waals surface area contributed by atoms with Gasteiger partial charge in [-0.3, -0.25) is 4.99 Å². The summed E-state index contributed by atoms with van der Waals surface area (Å²) in [6.07, 6.45) is 1.75. The minimum absolute atomic E-state index is 0.601. The first-order chi connectivity index (χ1) is 13.8. The monoisotopic (exact) mass is 383 g/mol. The second-order valence-corrected chi connectivity index (χ2v) is 6.45. The molecule has 1 N–H and O–H groups in total. The van der Waals surface area contributed by atoms with Crippen LogP contribution >= 0.6 is 0 Å². The van der Waals surface area contributed by atoms with Crippen molar-refractivity contribution in [3.63, 3.8) is 0 Å². The fourth-order valence-corrected chi connectivity index (χ4v) is 3.38. The van der Waals surface area contributed by atoms with Crippen LogP contribution in [0.2, 0.25) is 0 Å². The third kappa shape index (κ3) is 4.65. The van der Waals surface area contributed by atoms with Crippen LogP contribution in [0.3, 0.4) is 0 Å². The van der Waals surface area contributed by atoms with Gasteiger partial charge < -0.3 is 24.6 Å². The third-order valence-corrected chi connectivity index (χ3v) is 4.78. The minimum atomic E-state index is 0.601. The molecule has 1 aliphatic heterocycles. The van der Waals surface area contributed by atoms with Gasteiger partial charge in [-0.25, -0.2) is 4.98 Å². The highest BCUT2D eigenvalue weighted by atomic mass is 16.5. The van der Waals surface area contributed by atoms with E-state index in [1.807, 2.05) is 38.2 Å². The molecule has 0 radical (unpaired) electrons. The molecular weight excluding hydrogens is 354 g/mol. The summed E-state index contributed by atoms with van der Waals surface area (Å²) in [5, 5.41) is 3.44. The summed E-state index contributed by atoms with van der Waals surface area (Å²) in [5.74, 6) is 2.48. The van der Waals surface area contributed by atoms with Gasteiger partial charge in [-0.1, -0.05) is 18.2 Å². The van der Waals surface area contributed by atoms with Crippen molar-refractivity contribution in [3.8, 4) is 11.6 Å². The molecule has 0 spiro atoms. The molecule has 0 bridgehead atoms. The fraction of sp³-hybridized carbons (Fsp3) is 0.429. The number of ether oxygens (including phenoxy) is 2. The molecule has 3 rings (SSSR count). The van der Waals surface area contributed by atoms with Crippen molar-refractivity contribution in [1.29, 1.82) is 0 Å². The number of anilines is 1. The van der Waals surface area contributed by atoms with E-state index in [1.165, 1.54) is 0 Å². The number of pyridine rings is 1. The van der Waals surface area contributed by atoms with Crippen LogP contribution < -0.4 is 19.7 Å². The number of para-hydroxylation sites is 2. The summed E-state index contributed by atoms with van der Waals surface area (Å²) in [4.78, 5) is 13.4. The van der Waals surface area contributed by atoms with E-state index >= 15 is 0 Å². The Morgan fingerprint density at radius 2 is 1.93 bits per heavy atom. The molecule has 0 saturated carbocycles. The van der Waals surface area contributed by atoms with E-state index < -0.39 is 0 Å². The summed E-state index contributed by atoms with van der Waals surface area (Å²) in [5.41, 5.74) is 2.17. The molecule has 1 saturated heterocycles. The number of piperazine rings is 1. The van der Waals surface area contributed by atoms with E-state index in [2.05, 4.69) is 37.2 Å². The van der Waals surface area contributed by atoms with Crippen molar-refractivity contribution >= 4 is 11.6 Å². The highest BCUT2D eigenvalue weighted by molar-refractivity contribution is 5.80. The Morgan fingerprint density at radius 3 is 2.64 bits per heavy atom. The molecule has 7 nitrogen and oxygen atoms in total. The van der Waals surface area contributed by atoms with E-state index in [0.29, 0.717) is 19.0 Å². The molecule has 0 atom stereocenters. The normalized spacial score (nSPS) is 14.8. The highest BCUT2D eigenvalue weighted by Gasteiger charge is 2.21. The van der Waals surface area contributed by atoms with Gasteiger partial charge in [0, 0.05) is 51.5 Å². The second kappa shape index (κ2) is 9.82. The number of hydrogen-bond donors (Lipinski definition) is 1. The van der Waals surface area contributed by atoms with Crippen molar-refractivity contribution < 1.29 is 9.47 Å². The maximum Gasteiger partial charge on any atom is 0.218 e. The lowest BCUT2D eigenvalue weighted by Crippen LogP contribution is -2.52. The van der Waals surface area contributed by atoms with Gasteiger partial charge >= 0.3 is 0 Å². The van der Waals surface area contributed by atoms with Gasteiger partial charge in [-0.2, -0.15) is 0 Å². The summed E-state index contributed by atoms with van der Waals surface area (Å²) in [7, 11) is 3.54. The number of hydrogen-bond acceptors (Lipinski definition) is 5. The van der Waals surface area contributed by atoms with Crippen LogP contribution in [0.1, 0.15) is 12.5 Å². The zero-order valence-electron chi connectivity index (χ0n) is 16.9. The average molecular weight is 383 g/mol. The first kappa shape index (κ1) is 19.8. The quantitative estimate of drug-likeness (QED) is 0.610. The predicted octanol–water partition coefficient (Wildman–Crippen LogP) is 2.39. The summed E-state index contributed by atoms with van der Waals surface area (Å²) in [6, 6.07) is 12.1. The molecule has 1 fully saturated rings. The van der Waals surface area contributed by atoms with Crippen molar-refractivity contribution in [3.05, 3.63) is 48.2 Å². The van der Waals surface area contributed by atoms with Gasteiger partial charge in [-0.05, 0) is 25.1 Å². The van der Waals surface area contributed by atoms with Gasteiger partial charge in [-0.15, -0.1) is 0 Å².